The summed E-state index contributed by atoms with van der Waals surface area (Å²) < 4.78 is 5.46. The van der Waals surface area contributed by atoms with E-state index in [4.69, 9.17) is 16.0 Å². The molecule has 0 aliphatic heterocycles. The summed E-state index contributed by atoms with van der Waals surface area (Å²) in [5, 5.41) is 4.46. The van der Waals surface area contributed by atoms with Gasteiger partial charge in [0, 0.05) is 31.1 Å². The fourth-order valence-corrected chi connectivity index (χ4v) is 2.09. The van der Waals surface area contributed by atoms with E-state index >= 15 is 0 Å². The number of nitrogens with zero attached hydrogens (tertiary/aromatic N) is 1. The molecule has 1 aromatic carbocycles. The lowest BCUT2D eigenvalue weighted by Gasteiger charge is -2.14. The largest absolute Gasteiger partial charge is 0.444 e. The van der Waals surface area contributed by atoms with E-state index < -0.39 is 0 Å². The first-order valence-corrected chi connectivity index (χ1v) is 6.62. The normalized spacial score (nSPS) is 10.9. The fraction of sp³-hybridized carbons (Fsp3) is 0.357. The average molecular weight is 281 g/mol. The summed E-state index contributed by atoms with van der Waals surface area (Å²) in [4.78, 5) is 13.3. The van der Waals surface area contributed by atoms with Crippen LogP contribution in [0.2, 0.25) is 5.22 Å². The van der Waals surface area contributed by atoms with E-state index in [2.05, 4.69) is 5.32 Å². The van der Waals surface area contributed by atoms with Gasteiger partial charge in [0.25, 0.3) is 0 Å². The minimum atomic E-state index is 0.0615. The van der Waals surface area contributed by atoms with E-state index in [9.17, 15) is 4.79 Å². The third-order valence-electron chi connectivity index (χ3n) is 3.13. The van der Waals surface area contributed by atoms with Gasteiger partial charge in [-0.2, -0.15) is 0 Å². The van der Waals surface area contributed by atoms with Crippen molar-refractivity contribution < 1.29 is 9.21 Å². The number of para-hydroxylation sites is 1. The molecule has 0 saturated carbocycles. The van der Waals surface area contributed by atoms with Crippen molar-refractivity contribution in [1.29, 1.82) is 0 Å². The number of hydrogen-bond donors (Lipinski definition) is 1. The summed E-state index contributed by atoms with van der Waals surface area (Å²) in [7, 11) is 1.78. The number of benzene rings is 1. The van der Waals surface area contributed by atoms with E-state index in [-0.39, 0.29) is 5.91 Å². The predicted molar refractivity (Wildman–Crippen MR) is 76.2 cm³/mol. The Hall–Kier alpha value is -1.52. The van der Waals surface area contributed by atoms with Crippen molar-refractivity contribution in [2.45, 2.75) is 13.5 Å². The van der Waals surface area contributed by atoms with Crippen molar-refractivity contribution >= 4 is 28.5 Å². The van der Waals surface area contributed by atoms with Crippen LogP contribution in [-0.4, -0.2) is 30.9 Å². The molecule has 0 fully saturated rings. The minimum absolute atomic E-state index is 0.0615. The monoisotopic (exact) mass is 280 g/mol. The summed E-state index contributed by atoms with van der Waals surface area (Å²) in [6.07, 6.45) is 0. The van der Waals surface area contributed by atoms with Crippen LogP contribution in [0.4, 0.5) is 0 Å². The number of carbonyl (C=O) groups excluding carboxylic acids is 1. The molecule has 0 atom stereocenters. The van der Waals surface area contributed by atoms with Crippen molar-refractivity contribution in [1.82, 2.24) is 10.2 Å². The number of amides is 1. The molecule has 0 aliphatic carbocycles. The van der Waals surface area contributed by atoms with Gasteiger partial charge in [0.15, 0.2) is 5.22 Å². The Balaban J connectivity index is 2.02. The number of halogens is 1. The van der Waals surface area contributed by atoms with E-state index in [1.165, 1.54) is 0 Å². The van der Waals surface area contributed by atoms with E-state index in [0.717, 1.165) is 16.5 Å². The van der Waals surface area contributed by atoms with Gasteiger partial charge >= 0.3 is 0 Å². The predicted octanol–water partition coefficient (Wildman–Crippen LogP) is 2.65. The minimum Gasteiger partial charge on any atom is -0.444 e. The maximum Gasteiger partial charge on any atom is 0.236 e. The number of carbonyl (C=O) groups is 1. The highest BCUT2D eigenvalue weighted by molar-refractivity contribution is 6.30. The van der Waals surface area contributed by atoms with Crippen molar-refractivity contribution in [3.8, 4) is 0 Å². The van der Waals surface area contributed by atoms with Crippen LogP contribution in [0.25, 0.3) is 11.0 Å². The molecule has 0 radical (unpaired) electrons. The van der Waals surface area contributed by atoms with Crippen LogP contribution in [0, 0.1) is 0 Å². The smallest absolute Gasteiger partial charge is 0.236 e. The average Bonchev–Trinajstić information content (AvgIpc) is 2.74. The number of hydrogen-bond acceptors (Lipinski definition) is 3. The van der Waals surface area contributed by atoms with Crippen LogP contribution < -0.4 is 5.32 Å². The molecular formula is C14H17ClN2O2. The first-order valence-electron chi connectivity index (χ1n) is 6.24. The number of likely N-dealkylation sites (N-methyl/N-ethyl adjacent to an activating group) is 1. The Morgan fingerprint density at radius 3 is 2.89 bits per heavy atom. The zero-order valence-electron chi connectivity index (χ0n) is 11.1. The lowest BCUT2D eigenvalue weighted by atomic mass is 10.2. The van der Waals surface area contributed by atoms with E-state index in [1.807, 2.05) is 31.2 Å². The quantitative estimate of drug-likeness (QED) is 0.916. The molecule has 1 amide bonds. The standard InChI is InChI=1S/C14H17ClN2O2/c1-3-17(2)13(18)9-16-8-11-10-6-4-5-7-12(10)19-14(11)15/h4-7,16H,3,8-9H2,1-2H3. The van der Waals surface area contributed by atoms with Gasteiger partial charge in [0.1, 0.15) is 5.58 Å². The lowest BCUT2D eigenvalue weighted by molar-refractivity contribution is -0.128. The van der Waals surface area contributed by atoms with Gasteiger partial charge in [-0.05, 0) is 24.6 Å². The molecule has 0 bridgehead atoms. The molecule has 0 unspecified atom stereocenters. The summed E-state index contributed by atoms with van der Waals surface area (Å²) in [5.41, 5.74) is 1.66. The highest BCUT2D eigenvalue weighted by atomic mass is 35.5. The van der Waals surface area contributed by atoms with Gasteiger partial charge in [-0.3, -0.25) is 4.79 Å². The topological polar surface area (TPSA) is 45.5 Å². The first kappa shape index (κ1) is 13.9. The molecular weight excluding hydrogens is 264 g/mol. The van der Waals surface area contributed by atoms with Gasteiger partial charge in [0.05, 0.1) is 6.54 Å². The SMILES string of the molecule is CCN(C)C(=O)CNCc1c(Cl)oc2ccccc12. The molecule has 2 rings (SSSR count). The van der Waals surface area contributed by atoms with Gasteiger partial charge in [0.2, 0.25) is 5.91 Å². The van der Waals surface area contributed by atoms with Gasteiger partial charge < -0.3 is 14.6 Å². The zero-order chi connectivity index (χ0) is 13.8. The molecule has 1 N–H and O–H groups in total. The molecule has 1 aromatic heterocycles. The summed E-state index contributed by atoms with van der Waals surface area (Å²) in [6, 6.07) is 7.68. The van der Waals surface area contributed by atoms with Crippen LogP contribution in [0.5, 0.6) is 0 Å². The van der Waals surface area contributed by atoms with Crippen molar-refractivity contribution in [2.75, 3.05) is 20.1 Å². The molecule has 0 aliphatic rings. The number of fused-ring (bicyclic) bond motifs is 1. The molecule has 19 heavy (non-hydrogen) atoms. The van der Waals surface area contributed by atoms with Crippen LogP contribution in [0.3, 0.4) is 0 Å². The second kappa shape index (κ2) is 6.08. The molecule has 0 spiro atoms. The Morgan fingerprint density at radius 1 is 1.42 bits per heavy atom. The molecule has 102 valence electrons. The number of nitrogens with one attached hydrogen (secondary N) is 1. The van der Waals surface area contributed by atoms with Crippen molar-refractivity contribution in [2.24, 2.45) is 0 Å². The maximum atomic E-state index is 11.7. The summed E-state index contributed by atoms with van der Waals surface area (Å²) in [5.74, 6) is 0.0615. The fourth-order valence-electron chi connectivity index (χ4n) is 1.84. The Bertz CT molecular complexity index is 580. The van der Waals surface area contributed by atoms with Gasteiger partial charge in [-0.15, -0.1) is 0 Å². The Kier molecular flexibility index (Phi) is 4.45. The Morgan fingerprint density at radius 2 is 2.16 bits per heavy atom. The third-order valence-corrected chi connectivity index (χ3v) is 3.43. The van der Waals surface area contributed by atoms with E-state index in [1.54, 1.807) is 11.9 Å². The third kappa shape index (κ3) is 3.08. The highest BCUT2D eigenvalue weighted by Gasteiger charge is 2.12. The second-order valence-corrected chi connectivity index (χ2v) is 4.71. The first-order chi connectivity index (χ1) is 9.13. The van der Waals surface area contributed by atoms with Crippen LogP contribution in [0.1, 0.15) is 12.5 Å². The number of furan rings is 1. The summed E-state index contributed by atoms with van der Waals surface area (Å²) in [6.45, 7) is 3.45. The van der Waals surface area contributed by atoms with Gasteiger partial charge in [-0.25, -0.2) is 0 Å². The van der Waals surface area contributed by atoms with Crippen molar-refractivity contribution in [3.63, 3.8) is 0 Å². The molecule has 0 saturated heterocycles. The zero-order valence-corrected chi connectivity index (χ0v) is 11.8. The maximum absolute atomic E-state index is 11.7. The molecule has 4 nitrogen and oxygen atoms in total. The second-order valence-electron chi connectivity index (χ2n) is 4.36. The van der Waals surface area contributed by atoms with E-state index in [0.29, 0.717) is 24.9 Å². The highest BCUT2D eigenvalue weighted by Crippen LogP contribution is 2.29. The Labute approximate surface area is 117 Å². The lowest BCUT2D eigenvalue weighted by Crippen LogP contribution is -2.35. The van der Waals surface area contributed by atoms with Crippen molar-refractivity contribution in [3.05, 3.63) is 35.0 Å². The van der Waals surface area contributed by atoms with Gasteiger partial charge in [-0.1, -0.05) is 18.2 Å². The number of rotatable bonds is 5. The molecule has 1 heterocycles. The van der Waals surface area contributed by atoms with Crippen LogP contribution in [-0.2, 0) is 11.3 Å². The molecule has 5 heteroatoms. The molecule has 2 aromatic rings. The van der Waals surface area contributed by atoms with Crippen LogP contribution in [0.15, 0.2) is 28.7 Å². The van der Waals surface area contributed by atoms with Crippen LogP contribution >= 0.6 is 11.6 Å². The summed E-state index contributed by atoms with van der Waals surface area (Å²) >= 11 is 6.07.